The lowest BCUT2D eigenvalue weighted by Gasteiger charge is -2.14. The Bertz CT molecular complexity index is 515. The minimum Gasteiger partial charge on any atom is -0.370 e. The lowest BCUT2D eigenvalue weighted by Crippen LogP contribution is -2.24. The Morgan fingerprint density at radius 2 is 2.25 bits per heavy atom. The fourth-order valence-corrected chi connectivity index (χ4v) is 3.27. The molecular formula is C8H14N6O3S3. The summed E-state index contributed by atoms with van der Waals surface area (Å²) in [6.07, 6.45) is -0.00435. The maximum atomic E-state index is 11.1. The van der Waals surface area contributed by atoms with Gasteiger partial charge in [0, 0.05) is 18.3 Å². The molecule has 1 atom stereocenters. The molecule has 0 radical (unpaired) electrons. The summed E-state index contributed by atoms with van der Waals surface area (Å²) in [5.41, 5.74) is 16.1. The van der Waals surface area contributed by atoms with Crippen LogP contribution in [0.5, 0.6) is 0 Å². The summed E-state index contributed by atoms with van der Waals surface area (Å²) >= 11 is 0.120. The van der Waals surface area contributed by atoms with Gasteiger partial charge in [0.1, 0.15) is 0 Å². The van der Waals surface area contributed by atoms with E-state index in [1.54, 1.807) is 5.38 Å². The first-order chi connectivity index (χ1) is 9.38. The number of carbonyl (C=O) groups is 1. The lowest BCUT2D eigenvalue weighted by molar-refractivity contribution is -0.117. The zero-order valence-electron chi connectivity index (χ0n) is 10.3. The van der Waals surface area contributed by atoms with E-state index >= 15 is 0 Å². The molecule has 1 rings (SSSR count). The average molecular weight is 338 g/mol. The zero-order chi connectivity index (χ0) is 15.1. The normalized spacial score (nSPS) is 12.3. The van der Waals surface area contributed by atoms with Crippen LogP contribution < -0.4 is 17.2 Å². The Balaban J connectivity index is 2.54. The van der Waals surface area contributed by atoms with E-state index in [0.29, 0.717) is 16.6 Å². The smallest absolute Gasteiger partial charge is 0.244 e. The highest BCUT2D eigenvalue weighted by Crippen LogP contribution is 2.24. The molecule has 0 saturated carbocycles. The van der Waals surface area contributed by atoms with Crippen LogP contribution in [-0.2, 0) is 21.8 Å². The molecule has 12 heteroatoms. The Morgan fingerprint density at radius 3 is 2.80 bits per heavy atom. The monoisotopic (exact) mass is 338 g/mol. The van der Waals surface area contributed by atoms with E-state index in [9.17, 15) is 9.00 Å². The SMILES string of the molecule is NC(=O)CCN(SCc1csc(N=C(N)N)n1)S(=O)O. The van der Waals surface area contributed by atoms with Gasteiger partial charge in [0.05, 0.1) is 11.4 Å². The minimum absolute atomic E-state index is 0.00435. The Labute approximate surface area is 126 Å². The molecule has 0 aliphatic heterocycles. The predicted octanol–water partition coefficient (Wildman–Crippen LogP) is -0.490. The second-order valence-electron chi connectivity index (χ2n) is 3.43. The molecule has 20 heavy (non-hydrogen) atoms. The van der Waals surface area contributed by atoms with Crippen molar-refractivity contribution in [1.29, 1.82) is 0 Å². The van der Waals surface area contributed by atoms with Crippen molar-refractivity contribution in [3.8, 4) is 0 Å². The first-order valence-electron chi connectivity index (χ1n) is 5.22. The maximum Gasteiger partial charge on any atom is 0.244 e. The van der Waals surface area contributed by atoms with Crippen LogP contribution in [0.4, 0.5) is 5.13 Å². The lowest BCUT2D eigenvalue weighted by atomic mass is 10.4. The van der Waals surface area contributed by atoms with Gasteiger partial charge in [-0.25, -0.2) is 9.19 Å². The topological polar surface area (TPSA) is 161 Å². The Kier molecular flexibility index (Phi) is 6.87. The molecular weight excluding hydrogens is 324 g/mol. The van der Waals surface area contributed by atoms with Crippen LogP contribution in [0.25, 0.3) is 0 Å². The molecule has 1 aromatic rings. The molecule has 112 valence electrons. The Morgan fingerprint density at radius 1 is 1.55 bits per heavy atom. The van der Waals surface area contributed by atoms with Gasteiger partial charge in [-0.05, 0) is 0 Å². The van der Waals surface area contributed by atoms with Crippen molar-refractivity contribution in [1.82, 2.24) is 8.69 Å². The molecule has 1 amide bonds. The third kappa shape index (κ3) is 6.29. The first kappa shape index (κ1) is 16.8. The minimum atomic E-state index is -2.20. The molecule has 0 saturated heterocycles. The van der Waals surface area contributed by atoms with E-state index in [2.05, 4.69) is 9.98 Å². The van der Waals surface area contributed by atoms with Gasteiger partial charge in [0.15, 0.2) is 5.96 Å². The van der Waals surface area contributed by atoms with Crippen molar-refractivity contribution >= 4 is 51.5 Å². The van der Waals surface area contributed by atoms with Crippen LogP contribution in [0, 0.1) is 0 Å². The van der Waals surface area contributed by atoms with Crippen molar-refractivity contribution in [3.63, 3.8) is 0 Å². The number of amides is 1. The summed E-state index contributed by atoms with van der Waals surface area (Å²) in [4.78, 5) is 18.6. The number of hydrogen-bond acceptors (Lipinski definition) is 6. The van der Waals surface area contributed by atoms with Crippen molar-refractivity contribution in [3.05, 3.63) is 11.1 Å². The first-order valence-corrected chi connectivity index (χ1v) is 8.11. The van der Waals surface area contributed by atoms with Gasteiger partial charge in [-0.3, -0.25) is 9.35 Å². The third-order valence-electron chi connectivity index (χ3n) is 1.84. The third-order valence-corrected chi connectivity index (χ3v) is 4.74. The molecule has 0 fully saturated rings. The Hall–Kier alpha value is -1.21. The molecule has 1 unspecified atom stereocenters. The number of aromatic nitrogens is 1. The van der Waals surface area contributed by atoms with Crippen molar-refractivity contribution in [2.75, 3.05) is 6.54 Å². The van der Waals surface area contributed by atoms with Gasteiger partial charge in [-0.15, -0.1) is 15.0 Å². The van der Waals surface area contributed by atoms with Crippen molar-refractivity contribution < 1.29 is 13.6 Å². The maximum absolute atomic E-state index is 11.1. The number of nitrogens with two attached hydrogens (primary N) is 3. The molecule has 0 bridgehead atoms. The molecule has 0 aromatic carbocycles. The van der Waals surface area contributed by atoms with Crippen LogP contribution in [0.2, 0.25) is 0 Å². The molecule has 1 heterocycles. The van der Waals surface area contributed by atoms with Crippen molar-refractivity contribution in [2.24, 2.45) is 22.2 Å². The standard InChI is InChI=1S/C8H14N6O3S3/c9-6(15)1-2-14(20(16)17)19-4-5-3-18-8(12-5)13-7(10)11/h3H,1-2,4H2,(H2,9,15)(H,16,17)(H4,10,11,12,13). The number of rotatable bonds is 8. The number of nitrogens with zero attached hydrogens (tertiary/aromatic N) is 3. The van der Waals surface area contributed by atoms with Crippen molar-refractivity contribution in [2.45, 2.75) is 12.2 Å². The summed E-state index contributed by atoms with van der Waals surface area (Å²) in [6, 6.07) is 0. The second kappa shape index (κ2) is 8.16. The molecule has 0 spiro atoms. The van der Waals surface area contributed by atoms with Crippen LogP contribution in [-0.4, -0.2) is 35.9 Å². The van der Waals surface area contributed by atoms with E-state index in [-0.39, 0.29) is 18.9 Å². The molecule has 7 N–H and O–H groups in total. The number of guanidine groups is 1. The number of aliphatic imine (C=N–C) groups is 1. The highest BCUT2D eigenvalue weighted by Gasteiger charge is 2.14. The predicted molar refractivity (Wildman–Crippen MR) is 80.2 cm³/mol. The van der Waals surface area contributed by atoms with Gasteiger partial charge < -0.3 is 17.2 Å². The van der Waals surface area contributed by atoms with Crippen LogP contribution in [0.15, 0.2) is 10.4 Å². The van der Waals surface area contributed by atoms with Crippen LogP contribution >= 0.6 is 23.3 Å². The van der Waals surface area contributed by atoms with E-state index in [1.807, 2.05) is 0 Å². The van der Waals surface area contributed by atoms with Crippen LogP contribution in [0.3, 0.4) is 0 Å². The van der Waals surface area contributed by atoms with Gasteiger partial charge in [-0.1, -0.05) is 11.9 Å². The fourth-order valence-electron chi connectivity index (χ4n) is 1.05. The number of hydrogen-bond donors (Lipinski definition) is 4. The molecule has 1 aromatic heterocycles. The fraction of sp³-hybridized carbons (Fsp3) is 0.375. The number of primary amides is 1. The van der Waals surface area contributed by atoms with Crippen LogP contribution in [0.1, 0.15) is 12.1 Å². The van der Waals surface area contributed by atoms with Gasteiger partial charge in [0.25, 0.3) is 0 Å². The second-order valence-corrected chi connectivity index (χ2v) is 6.39. The summed E-state index contributed by atoms with van der Waals surface area (Å²) in [7, 11) is 0. The van der Waals surface area contributed by atoms with E-state index in [4.69, 9.17) is 21.8 Å². The van der Waals surface area contributed by atoms with Gasteiger partial charge >= 0.3 is 0 Å². The summed E-state index contributed by atoms with van der Waals surface area (Å²) in [5.74, 6) is -0.274. The van der Waals surface area contributed by atoms with E-state index in [1.165, 1.54) is 11.3 Å². The summed E-state index contributed by atoms with van der Waals surface area (Å²) in [5, 5.41) is 2.15. The summed E-state index contributed by atoms with van der Waals surface area (Å²) in [6.45, 7) is 0.0774. The van der Waals surface area contributed by atoms with E-state index in [0.717, 1.165) is 15.7 Å². The highest BCUT2D eigenvalue weighted by atomic mass is 32.3. The van der Waals surface area contributed by atoms with E-state index < -0.39 is 17.2 Å². The molecule has 0 aliphatic carbocycles. The van der Waals surface area contributed by atoms with Gasteiger partial charge in [-0.2, -0.15) is 4.99 Å². The molecule has 0 aliphatic rings. The zero-order valence-corrected chi connectivity index (χ0v) is 12.7. The largest absolute Gasteiger partial charge is 0.370 e. The quantitative estimate of drug-likeness (QED) is 0.215. The van der Waals surface area contributed by atoms with Gasteiger partial charge in [0.2, 0.25) is 22.3 Å². The number of carbonyl (C=O) groups excluding carboxylic acids is 1. The molecule has 9 nitrogen and oxygen atoms in total. The highest BCUT2D eigenvalue weighted by molar-refractivity contribution is 8.04. The summed E-state index contributed by atoms with van der Waals surface area (Å²) < 4.78 is 21.3. The average Bonchev–Trinajstić information content (AvgIpc) is 2.74. The number of thiazole rings is 1.